The molecule has 1 heterocycles. The molecule has 4 atom stereocenters. The number of aliphatic hydroxyl groups is 2. The molecule has 94 valence electrons. The normalized spacial score (nSPS) is 33.6. The van der Waals surface area contributed by atoms with Gasteiger partial charge in [0.05, 0.1) is 18.8 Å². The molecule has 4 heteroatoms. The molecule has 1 aromatic rings. The molecule has 1 saturated heterocycles. The van der Waals surface area contributed by atoms with E-state index >= 15 is 0 Å². The lowest BCUT2D eigenvalue weighted by Crippen LogP contribution is -2.47. The highest BCUT2D eigenvalue weighted by molar-refractivity contribution is 5.13. The quantitative estimate of drug-likeness (QED) is 0.826. The molecule has 2 rings (SSSR count). The van der Waals surface area contributed by atoms with E-state index in [-0.39, 0.29) is 0 Å². The second kappa shape index (κ2) is 5.60. The van der Waals surface area contributed by atoms with Crippen molar-refractivity contribution in [2.45, 2.75) is 44.6 Å². The van der Waals surface area contributed by atoms with Crippen molar-refractivity contribution >= 4 is 0 Å². The van der Waals surface area contributed by atoms with Crippen molar-refractivity contribution in [2.75, 3.05) is 0 Å². The second-order valence-corrected chi connectivity index (χ2v) is 4.36. The first-order valence-corrected chi connectivity index (χ1v) is 5.84. The summed E-state index contributed by atoms with van der Waals surface area (Å²) in [6, 6.07) is 9.78. The van der Waals surface area contributed by atoms with Crippen LogP contribution in [-0.2, 0) is 16.1 Å². The first-order chi connectivity index (χ1) is 8.16. The highest BCUT2D eigenvalue weighted by atomic mass is 16.7. The molecular formula is C13H18O4. The van der Waals surface area contributed by atoms with E-state index in [9.17, 15) is 10.2 Å². The van der Waals surface area contributed by atoms with Crippen LogP contribution in [0.3, 0.4) is 0 Å². The molecule has 4 nitrogen and oxygen atoms in total. The standard InChI is InChI=1S/C13H18O4/c1-9-13(15)11(14)7-12(17-9)16-8-10-5-3-2-4-6-10/h2-6,9,11-15H,7-8H2,1H3/t9-,11-,12+,13-/m1/s1. The molecule has 0 unspecified atom stereocenters. The summed E-state index contributed by atoms with van der Waals surface area (Å²) in [5.74, 6) is 0. The zero-order valence-electron chi connectivity index (χ0n) is 9.82. The largest absolute Gasteiger partial charge is 0.390 e. The minimum atomic E-state index is -0.827. The molecule has 0 amide bonds. The van der Waals surface area contributed by atoms with Crippen LogP contribution in [0.1, 0.15) is 18.9 Å². The number of rotatable bonds is 3. The van der Waals surface area contributed by atoms with Crippen LogP contribution in [0, 0.1) is 0 Å². The monoisotopic (exact) mass is 238 g/mol. The van der Waals surface area contributed by atoms with Gasteiger partial charge in [-0.05, 0) is 12.5 Å². The van der Waals surface area contributed by atoms with Gasteiger partial charge in [-0.25, -0.2) is 0 Å². The number of aliphatic hydroxyl groups excluding tert-OH is 2. The Kier molecular flexibility index (Phi) is 4.12. The number of hydrogen-bond donors (Lipinski definition) is 2. The Morgan fingerprint density at radius 3 is 2.65 bits per heavy atom. The van der Waals surface area contributed by atoms with Crippen LogP contribution in [0.4, 0.5) is 0 Å². The van der Waals surface area contributed by atoms with Crippen LogP contribution in [0.15, 0.2) is 30.3 Å². The fourth-order valence-corrected chi connectivity index (χ4v) is 1.90. The van der Waals surface area contributed by atoms with Crippen molar-refractivity contribution in [3.05, 3.63) is 35.9 Å². The van der Waals surface area contributed by atoms with Gasteiger partial charge < -0.3 is 19.7 Å². The van der Waals surface area contributed by atoms with Crippen molar-refractivity contribution in [2.24, 2.45) is 0 Å². The zero-order valence-corrected chi connectivity index (χ0v) is 9.82. The summed E-state index contributed by atoms with van der Waals surface area (Å²) in [6.45, 7) is 2.17. The first kappa shape index (κ1) is 12.5. The molecule has 0 aliphatic carbocycles. The third kappa shape index (κ3) is 3.26. The molecule has 17 heavy (non-hydrogen) atoms. The van der Waals surface area contributed by atoms with E-state index in [1.54, 1.807) is 6.92 Å². The molecule has 0 saturated carbocycles. The van der Waals surface area contributed by atoms with Gasteiger partial charge in [-0.2, -0.15) is 0 Å². The van der Waals surface area contributed by atoms with Gasteiger partial charge >= 0.3 is 0 Å². The smallest absolute Gasteiger partial charge is 0.161 e. The van der Waals surface area contributed by atoms with Gasteiger partial charge in [0.1, 0.15) is 6.10 Å². The number of benzene rings is 1. The Bertz CT molecular complexity index is 329. The van der Waals surface area contributed by atoms with Gasteiger partial charge in [0.25, 0.3) is 0 Å². The lowest BCUT2D eigenvalue weighted by atomic mass is 10.0. The molecule has 0 bridgehead atoms. The third-order valence-corrected chi connectivity index (χ3v) is 2.95. The van der Waals surface area contributed by atoms with Crippen LogP contribution in [0.25, 0.3) is 0 Å². The predicted octanol–water partition coefficient (Wildman–Crippen LogP) is 1.06. The summed E-state index contributed by atoms with van der Waals surface area (Å²) < 4.78 is 11.0. The summed E-state index contributed by atoms with van der Waals surface area (Å²) >= 11 is 0. The highest BCUT2D eigenvalue weighted by Crippen LogP contribution is 2.21. The average molecular weight is 238 g/mol. The molecular weight excluding hydrogens is 220 g/mol. The second-order valence-electron chi connectivity index (χ2n) is 4.36. The fourth-order valence-electron chi connectivity index (χ4n) is 1.90. The van der Waals surface area contributed by atoms with Gasteiger partial charge in [-0.1, -0.05) is 30.3 Å². The summed E-state index contributed by atoms with van der Waals surface area (Å²) in [5.41, 5.74) is 1.06. The zero-order chi connectivity index (χ0) is 12.3. The summed E-state index contributed by atoms with van der Waals surface area (Å²) in [5, 5.41) is 19.1. The maximum absolute atomic E-state index is 9.61. The van der Waals surface area contributed by atoms with Crippen LogP contribution < -0.4 is 0 Å². The Hall–Kier alpha value is -0.940. The highest BCUT2D eigenvalue weighted by Gasteiger charge is 2.34. The van der Waals surface area contributed by atoms with Crippen LogP contribution in [0.2, 0.25) is 0 Å². The van der Waals surface area contributed by atoms with E-state index in [4.69, 9.17) is 9.47 Å². The first-order valence-electron chi connectivity index (χ1n) is 5.84. The van der Waals surface area contributed by atoms with Crippen LogP contribution in [-0.4, -0.2) is 34.8 Å². The van der Waals surface area contributed by atoms with Crippen molar-refractivity contribution in [3.63, 3.8) is 0 Å². The van der Waals surface area contributed by atoms with Crippen LogP contribution in [0.5, 0.6) is 0 Å². The van der Waals surface area contributed by atoms with Gasteiger partial charge in [-0.3, -0.25) is 0 Å². The molecule has 1 aliphatic rings. The van der Waals surface area contributed by atoms with E-state index in [1.165, 1.54) is 0 Å². The lowest BCUT2D eigenvalue weighted by molar-refractivity contribution is -0.249. The predicted molar refractivity (Wildman–Crippen MR) is 62.2 cm³/mol. The molecule has 0 aromatic heterocycles. The van der Waals surface area contributed by atoms with Crippen LogP contribution >= 0.6 is 0 Å². The number of hydrogen-bond acceptors (Lipinski definition) is 4. The topological polar surface area (TPSA) is 58.9 Å². The minimum Gasteiger partial charge on any atom is -0.390 e. The molecule has 1 aromatic carbocycles. The molecule has 0 spiro atoms. The van der Waals surface area contributed by atoms with Crippen molar-refractivity contribution in [1.82, 2.24) is 0 Å². The molecule has 1 aliphatic heterocycles. The van der Waals surface area contributed by atoms with E-state index in [2.05, 4.69) is 0 Å². The SMILES string of the molecule is C[C@H]1O[C@H](OCc2ccccc2)C[C@@H](O)[C@@H]1O. The van der Waals surface area contributed by atoms with E-state index in [0.29, 0.717) is 13.0 Å². The lowest BCUT2D eigenvalue weighted by Gasteiger charge is -2.35. The third-order valence-electron chi connectivity index (χ3n) is 2.95. The molecule has 0 radical (unpaired) electrons. The fraction of sp³-hybridized carbons (Fsp3) is 0.538. The van der Waals surface area contributed by atoms with E-state index in [1.807, 2.05) is 30.3 Å². The van der Waals surface area contributed by atoms with E-state index < -0.39 is 24.6 Å². The summed E-state index contributed by atoms with van der Waals surface area (Å²) in [6.07, 6.45) is -2.16. The van der Waals surface area contributed by atoms with Crippen molar-refractivity contribution < 1.29 is 19.7 Å². The Balaban J connectivity index is 1.84. The Morgan fingerprint density at radius 1 is 1.29 bits per heavy atom. The molecule has 1 fully saturated rings. The molecule has 2 N–H and O–H groups in total. The van der Waals surface area contributed by atoms with Gasteiger partial charge in [0.15, 0.2) is 6.29 Å². The summed E-state index contributed by atoms with van der Waals surface area (Å²) in [7, 11) is 0. The maximum Gasteiger partial charge on any atom is 0.161 e. The Labute approximate surface area is 101 Å². The van der Waals surface area contributed by atoms with Gasteiger partial charge in [0.2, 0.25) is 0 Å². The van der Waals surface area contributed by atoms with Crippen molar-refractivity contribution in [3.8, 4) is 0 Å². The van der Waals surface area contributed by atoms with Gasteiger partial charge in [0, 0.05) is 6.42 Å². The average Bonchev–Trinajstić information content (AvgIpc) is 2.34. The van der Waals surface area contributed by atoms with Crippen molar-refractivity contribution in [1.29, 1.82) is 0 Å². The summed E-state index contributed by atoms with van der Waals surface area (Å²) in [4.78, 5) is 0. The van der Waals surface area contributed by atoms with Gasteiger partial charge in [-0.15, -0.1) is 0 Å². The number of ether oxygens (including phenoxy) is 2. The Morgan fingerprint density at radius 2 is 2.00 bits per heavy atom. The van der Waals surface area contributed by atoms with E-state index in [0.717, 1.165) is 5.56 Å². The maximum atomic E-state index is 9.61. The minimum absolute atomic E-state index is 0.304.